The summed E-state index contributed by atoms with van der Waals surface area (Å²) in [6.07, 6.45) is 0. The molecule has 10 aromatic rings. The van der Waals surface area contributed by atoms with Crippen LogP contribution in [0, 0.1) is 0 Å². The number of nitrogens with zero attached hydrogens (tertiary/aromatic N) is 1. The van der Waals surface area contributed by atoms with Crippen molar-refractivity contribution in [3.8, 4) is 22.3 Å². The van der Waals surface area contributed by atoms with Crippen LogP contribution in [-0.4, -0.2) is 0 Å². The van der Waals surface area contributed by atoms with E-state index in [0.717, 1.165) is 43.8 Å². The van der Waals surface area contributed by atoms with E-state index in [1.54, 1.807) is 11.3 Å². The molecule has 230 valence electrons. The van der Waals surface area contributed by atoms with Gasteiger partial charge in [-0.3, -0.25) is 0 Å². The second kappa shape index (κ2) is 11.2. The highest BCUT2D eigenvalue weighted by Crippen LogP contribution is 2.43. The zero-order chi connectivity index (χ0) is 35.8. The number of rotatable bonds is 5. The van der Waals surface area contributed by atoms with Gasteiger partial charge in [-0.25, -0.2) is 0 Å². The maximum Gasteiger partial charge on any atom is 0.135 e. The molecule has 0 amide bonds. The highest BCUT2D eigenvalue weighted by atomic mass is 32.1. The molecule has 0 N–H and O–H groups in total. The average Bonchev–Trinajstić information content (AvgIpc) is 3.77. The summed E-state index contributed by atoms with van der Waals surface area (Å²) in [7, 11) is 0. The molecule has 2 heterocycles. The third kappa shape index (κ3) is 4.62. The fourth-order valence-electron chi connectivity index (χ4n) is 7.04. The van der Waals surface area contributed by atoms with Crippen molar-refractivity contribution in [2.75, 3.05) is 4.90 Å². The molecule has 0 aliphatic heterocycles. The lowest BCUT2D eigenvalue weighted by Gasteiger charge is -2.26. The largest absolute Gasteiger partial charge is 0.456 e. The summed E-state index contributed by atoms with van der Waals surface area (Å²) >= 11 is 1.77. The molecule has 10 rings (SSSR count). The Morgan fingerprint density at radius 3 is 2.04 bits per heavy atom. The van der Waals surface area contributed by atoms with E-state index in [2.05, 4.69) is 54.6 Å². The molecular formula is C46H29NOS. The van der Waals surface area contributed by atoms with E-state index < -0.39 is 0 Å². The van der Waals surface area contributed by atoms with Crippen molar-refractivity contribution < 1.29 is 9.90 Å². The number of para-hydroxylation sites is 1. The zero-order valence-corrected chi connectivity index (χ0v) is 27.0. The van der Waals surface area contributed by atoms with E-state index in [-0.39, 0.29) is 35.4 Å². The molecule has 0 radical (unpaired) electrons. The van der Waals surface area contributed by atoms with Crippen LogP contribution in [-0.2, 0) is 0 Å². The Kier molecular flexibility index (Phi) is 5.51. The van der Waals surface area contributed by atoms with Gasteiger partial charge in [0.15, 0.2) is 0 Å². The first-order valence-corrected chi connectivity index (χ1v) is 17.1. The minimum atomic E-state index is -0.122. The fraction of sp³-hybridized carbons (Fsp3) is 0. The van der Waals surface area contributed by atoms with Gasteiger partial charge in [0.2, 0.25) is 0 Å². The van der Waals surface area contributed by atoms with E-state index in [1.165, 1.54) is 20.2 Å². The first-order valence-electron chi connectivity index (χ1n) is 18.3. The lowest BCUT2D eigenvalue weighted by Crippen LogP contribution is -2.10. The highest BCUT2D eigenvalue weighted by molar-refractivity contribution is 7.26. The van der Waals surface area contributed by atoms with Crippen molar-refractivity contribution in [1.29, 1.82) is 0 Å². The van der Waals surface area contributed by atoms with Crippen molar-refractivity contribution >= 4 is 81.3 Å². The normalized spacial score (nSPS) is 12.8. The predicted molar refractivity (Wildman–Crippen MR) is 210 cm³/mol. The van der Waals surface area contributed by atoms with Gasteiger partial charge in [0.1, 0.15) is 11.2 Å². The van der Waals surface area contributed by atoms with E-state index in [1.807, 2.05) is 102 Å². The topological polar surface area (TPSA) is 16.4 Å². The van der Waals surface area contributed by atoms with Crippen molar-refractivity contribution in [3.63, 3.8) is 0 Å². The Morgan fingerprint density at radius 1 is 0.449 bits per heavy atom. The van der Waals surface area contributed by atoms with E-state index in [0.29, 0.717) is 16.9 Å². The smallest absolute Gasteiger partial charge is 0.135 e. The summed E-state index contributed by atoms with van der Waals surface area (Å²) in [6.45, 7) is 0. The molecule has 0 saturated heterocycles. The van der Waals surface area contributed by atoms with Crippen molar-refractivity contribution in [1.82, 2.24) is 0 Å². The molecule has 0 unspecified atom stereocenters. The van der Waals surface area contributed by atoms with Crippen molar-refractivity contribution in [2.45, 2.75) is 0 Å². The van der Waals surface area contributed by atoms with Gasteiger partial charge in [-0.2, -0.15) is 0 Å². The third-order valence-electron chi connectivity index (χ3n) is 9.33. The zero-order valence-electron chi connectivity index (χ0n) is 30.2. The van der Waals surface area contributed by atoms with E-state index in [4.69, 9.17) is 4.42 Å². The van der Waals surface area contributed by atoms with Crippen LogP contribution in [0.5, 0.6) is 0 Å². The third-order valence-corrected chi connectivity index (χ3v) is 10.6. The summed E-state index contributed by atoms with van der Waals surface area (Å²) in [5, 5.41) is 6.13. The Bertz CT molecular complexity index is 3060. The molecule has 2 nitrogen and oxygen atoms in total. The van der Waals surface area contributed by atoms with Gasteiger partial charge in [0.25, 0.3) is 0 Å². The quantitative estimate of drug-likeness (QED) is 0.185. The molecule has 8 aromatic carbocycles. The summed E-state index contributed by atoms with van der Waals surface area (Å²) in [4.78, 5) is 1.86. The monoisotopic (exact) mass is 647 g/mol. The van der Waals surface area contributed by atoms with E-state index >= 15 is 0 Å². The number of fused-ring (bicyclic) bond motifs is 7. The van der Waals surface area contributed by atoms with Gasteiger partial charge in [-0.05, 0) is 87.6 Å². The lowest BCUT2D eigenvalue weighted by molar-refractivity contribution is 0.669. The van der Waals surface area contributed by atoms with E-state index in [9.17, 15) is 5.48 Å². The molecule has 0 saturated carbocycles. The number of hydrogen-bond donors (Lipinski definition) is 0. The highest BCUT2D eigenvalue weighted by Gasteiger charge is 2.18. The van der Waals surface area contributed by atoms with Crippen LogP contribution >= 0.6 is 11.3 Å². The Morgan fingerprint density at radius 2 is 1.12 bits per heavy atom. The Hall–Kier alpha value is -6.16. The van der Waals surface area contributed by atoms with Gasteiger partial charge in [0.05, 0.1) is 5.48 Å². The van der Waals surface area contributed by atoms with Gasteiger partial charge in [-0.1, -0.05) is 121 Å². The average molecular weight is 648 g/mol. The van der Waals surface area contributed by atoms with Gasteiger partial charge < -0.3 is 9.32 Å². The fourth-order valence-corrected chi connectivity index (χ4v) is 8.28. The van der Waals surface area contributed by atoms with Crippen LogP contribution in [0.4, 0.5) is 17.1 Å². The molecule has 3 heteroatoms. The maximum absolute atomic E-state index is 9.56. The number of furan rings is 1. The van der Waals surface area contributed by atoms with Crippen LogP contribution in [0.2, 0.25) is 0 Å². The molecule has 0 spiro atoms. The lowest BCUT2D eigenvalue weighted by atomic mass is 9.98. The molecule has 0 aliphatic rings. The summed E-state index contributed by atoms with van der Waals surface area (Å²) in [5.74, 6) is 0. The molecule has 49 heavy (non-hydrogen) atoms. The van der Waals surface area contributed by atoms with Crippen LogP contribution in [0.3, 0.4) is 0 Å². The number of benzene rings is 8. The number of thiophene rings is 1. The van der Waals surface area contributed by atoms with Crippen LogP contribution in [0.1, 0.15) is 5.48 Å². The maximum atomic E-state index is 9.56. The Balaban J connectivity index is 1.22. The minimum Gasteiger partial charge on any atom is -0.456 e. The van der Waals surface area contributed by atoms with Crippen LogP contribution in [0.15, 0.2) is 180 Å². The molecule has 2 aromatic heterocycles. The van der Waals surface area contributed by atoms with Crippen molar-refractivity contribution in [3.05, 3.63) is 176 Å². The predicted octanol–water partition coefficient (Wildman–Crippen LogP) is 13.9. The molecular weight excluding hydrogens is 615 g/mol. The van der Waals surface area contributed by atoms with Crippen LogP contribution < -0.4 is 4.90 Å². The standard InChI is InChI=1S/C46H29NOS/c1-2-14-36-30(10-1)11-8-17-37(36)31-22-24-33(25-23-31)47(35-26-27-44-42(29-35)39-15-3-5-20-43(39)48-44)34-13-7-12-32(28-34)38-18-9-19-41-40-16-4-6-21-45(40)49-46(38)41/h1-29H/i22D,23D,24D,25D. The van der Waals surface area contributed by atoms with Crippen LogP contribution in [0.25, 0.3) is 75.1 Å². The van der Waals surface area contributed by atoms with Gasteiger partial charge in [0, 0.05) is 48.0 Å². The first kappa shape index (κ1) is 24.1. The molecule has 0 aliphatic carbocycles. The molecule has 0 atom stereocenters. The molecule has 0 bridgehead atoms. The second-order valence-electron chi connectivity index (χ2n) is 12.2. The number of anilines is 3. The first-order chi connectivity index (χ1) is 26.0. The van der Waals surface area contributed by atoms with Gasteiger partial charge >= 0.3 is 0 Å². The van der Waals surface area contributed by atoms with Crippen molar-refractivity contribution in [2.24, 2.45) is 0 Å². The minimum absolute atomic E-state index is 0.0941. The van der Waals surface area contributed by atoms with Gasteiger partial charge in [-0.15, -0.1) is 11.3 Å². The second-order valence-corrected chi connectivity index (χ2v) is 13.2. The Labute approximate surface area is 293 Å². The SMILES string of the molecule is [2H]c1c([2H])c(N(c2cccc(-c3cccc4c3sc3ccccc34)c2)c2ccc3oc4ccccc4c3c2)c([2H])c([2H])c1-c1cccc2ccccc12. The number of hydrogen-bond acceptors (Lipinski definition) is 3. The molecule has 0 fully saturated rings. The summed E-state index contributed by atoms with van der Waals surface area (Å²) < 4.78 is 46.5. The summed E-state index contributed by atoms with van der Waals surface area (Å²) in [5.41, 5.74) is 6.11. The summed E-state index contributed by atoms with van der Waals surface area (Å²) in [6, 6.07) is 49.9.